The fraction of sp³-hybridized carbons (Fsp3) is 0.684. The van der Waals surface area contributed by atoms with Gasteiger partial charge in [0.05, 0.1) is 0 Å². The summed E-state index contributed by atoms with van der Waals surface area (Å²) < 4.78 is 0. The Labute approximate surface area is 145 Å². The topological polar surface area (TPSA) is 57.3 Å². The summed E-state index contributed by atoms with van der Waals surface area (Å²) in [5, 5.41) is 6.20. The molecule has 1 aliphatic carbocycles. The van der Waals surface area contributed by atoms with Crippen LogP contribution in [-0.4, -0.2) is 48.5 Å². The number of rotatable bonds is 5. The number of amides is 1. The predicted octanol–water partition coefficient (Wildman–Crippen LogP) is 2.90. The van der Waals surface area contributed by atoms with E-state index in [0.29, 0.717) is 11.6 Å². The average Bonchev–Trinajstić information content (AvgIpc) is 2.62. The number of hydrogen-bond donors (Lipinski definition) is 2. The van der Waals surface area contributed by atoms with Gasteiger partial charge in [-0.3, -0.25) is 4.79 Å². The molecule has 1 saturated heterocycles. The van der Waals surface area contributed by atoms with Gasteiger partial charge in [0.1, 0.15) is 5.82 Å². The third-order valence-corrected chi connectivity index (χ3v) is 5.35. The summed E-state index contributed by atoms with van der Waals surface area (Å²) >= 11 is 0. The van der Waals surface area contributed by atoms with Crippen molar-refractivity contribution >= 4 is 11.7 Å². The van der Waals surface area contributed by atoms with Gasteiger partial charge < -0.3 is 15.5 Å². The Kier molecular flexibility index (Phi) is 6.07. The normalized spacial score (nSPS) is 23.0. The molecular weight excluding hydrogens is 300 g/mol. The SMILES string of the molecule is CNC(=O)c1ccnc(N[C@H]2CCCN(CC3CCCCC3)C2)c1. The van der Waals surface area contributed by atoms with Crippen molar-refractivity contribution in [3.05, 3.63) is 23.9 Å². The molecule has 1 aromatic heterocycles. The van der Waals surface area contributed by atoms with Gasteiger partial charge in [-0.15, -0.1) is 0 Å². The van der Waals surface area contributed by atoms with Gasteiger partial charge in [-0.1, -0.05) is 19.3 Å². The van der Waals surface area contributed by atoms with Gasteiger partial charge in [-0.25, -0.2) is 4.98 Å². The second kappa shape index (κ2) is 8.47. The van der Waals surface area contributed by atoms with Crippen LogP contribution < -0.4 is 10.6 Å². The van der Waals surface area contributed by atoms with Crippen LogP contribution in [0.2, 0.25) is 0 Å². The molecule has 24 heavy (non-hydrogen) atoms. The van der Waals surface area contributed by atoms with Crippen LogP contribution in [0.1, 0.15) is 55.3 Å². The average molecular weight is 330 g/mol. The molecule has 5 nitrogen and oxygen atoms in total. The Morgan fingerprint density at radius 3 is 2.88 bits per heavy atom. The molecule has 5 heteroatoms. The van der Waals surface area contributed by atoms with E-state index in [0.717, 1.165) is 18.3 Å². The van der Waals surface area contributed by atoms with Crippen LogP contribution in [0.4, 0.5) is 5.82 Å². The van der Waals surface area contributed by atoms with E-state index in [1.54, 1.807) is 19.3 Å². The van der Waals surface area contributed by atoms with Crippen molar-refractivity contribution in [2.45, 2.75) is 51.0 Å². The van der Waals surface area contributed by atoms with Gasteiger partial charge in [-0.2, -0.15) is 0 Å². The van der Waals surface area contributed by atoms with Crippen molar-refractivity contribution in [2.24, 2.45) is 5.92 Å². The number of likely N-dealkylation sites (tertiary alicyclic amines) is 1. The lowest BCUT2D eigenvalue weighted by molar-refractivity contribution is 0.0963. The van der Waals surface area contributed by atoms with Crippen LogP contribution in [0.15, 0.2) is 18.3 Å². The summed E-state index contributed by atoms with van der Waals surface area (Å²) in [5.74, 6) is 1.64. The van der Waals surface area contributed by atoms with Crippen molar-refractivity contribution in [1.29, 1.82) is 0 Å². The molecule has 132 valence electrons. The summed E-state index contributed by atoms with van der Waals surface area (Å²) in [4.78, 5) is 18.8. The van der Waals surface area contributed by atoms with Gasteiger partial charge in [0.2, 0.25) is 0 Å². The summed E-state index contributed by atoms with van der Waals surface area (Å²) in [5.41, 5.74) is 0.657. The van der Waals surface area contributed by atoms with Crippen LogP contribution in [0.5, 0.6) is 0 Å². The third kappa shape index (κ3) is 4.69. The molecule has 0 radical (unpaired) electrons. The predicted molar refractivity (Wildman–Crippen MR) is 97.3 cm³/mol. The van der Waals surface area contributed by atoms with E-state index >= 15 is 0 Å². The Balaban J connectivity index is 1.54. The molecule has 1 amide bonds. The maximum absolute atomic E-state index is 11.8. The van der Waals surface area contributed by atoms with E-state index in [-0.39, 0.29) is 5.91 Å². The number of carbonyl (C=O) groups is 1. The minimum Gasteiger partial charge on any atom is -0.366 e. The molecular formula is C19H30N4O. The molecule has 1 saturated carbocycles. The fourth-order valence-corrected chi connectivity index (χ4v) is 4.08. The zero-order valence-electron chi connectivity index (χ0n) is 14.8. The van der Waals surface area contributed by atoms with E-state index in [1.165, 1.54) is 58.0 Å². The maximum atomic E-state index is 11.8. The van der Waals surface area contributed by atoms with Crippen LogP contribution in [0, 0.1) is 5.92 Å². The first kappa shape index (κ1) is 17.2. The lowest BCUT2D eigenvalue weighted by Gasteiger charge is -2.36. The molecule has 0 bridgehead atoms. The standard InChI is InChI=1S/C19H30N4O/c1-20-19(24)16-9-10-21-18(12-16)22-17-8-5-11-23(14-17)13-15-6-3-2-4-7-15/h9-10,12,15,17H,2-8,11,13-14H2,1H3,(H,20,24)(H,21,22)/t17-/m0/s1. The number of carbonyl (C=O) groups excluding carboxylic acids is 1. The third-order valence-electron chi connectivity index (χ3n) is 5.35. The Hall–Kier alpha value is -1.62. The van der Waals surface area contributed by atoms with Gasteiger partial charge in [-0.05, 0) is 50.3 Å². The smallest absolute Gasteiger partial charge is 0.251 e. The highest BCUT2D eigenvalue weighted by molar-refractivity contribution is 5.94. The molecule has 3 rings (SSSR count). The number of nitrogens with one attached hydrogen (secondary N) is 2. The quantitative estimate of drug-likeness (QED) is 0.871. The van der Waals surface area contributed by atoms with Crippen molar-refractivity contribution in [1.82, 2.24) is 15.2 Å². The number of piperidine rings is 1. The van der Waals surface area contributed by atoms with Crippen molar-refractivity contribution < 1.29 is 4.79 Å². The lowest BCUT2D eigenvalue weighted by Crippen LogP contribution is -2.44. The minimum absolute atomic E-state index is 0.0666. The summed E-state index contributed by atoms with van der Waals surface area (Å²) in [7, 11) is 1.65. The zero-order valence-corrected chi connectivity index (χ0v) is 14.8. The molecule has 1 aromatic rings. The summed E-state index contributed by atoms with van der Waals surface area (Å²) in [6, 6.07) is 4.02. The molecule has 0 unspecified atom stereocenters. The van der Waals surface area contributed by atoms with Crippen LogP contribution in [0.25, 0.3) is 0 Å². The van der Waals surface area contributed by atoms with E-state index in [2.05, 4.69) is 20.5 Å². The minimum atomic E-state index is -0.0666. The highest BCUT2D eigenvalue weighted by Crippen LogP contribution is 2.26. The van der Waals surface area contributed by atoms with Crippen LogP contribution >= 0.6 is 0 Å². The van der Waals surface area contributed by atoms with Crippen molar-refractivity contribution in [3.8, 4) is 0 Å². The molecule has 0 aromatic carbocycles. The summed E-state index contributed by atoms with van der Waals surface area (Å²) in [6.07, 6.45) is 11.2. The number of nitrogens with zero attached hydrogens (tertiary/aromatic N) is 2. The number of aromatic nitrogens is 1. The first-order valence-electron chi connectivity index (χ1n) is 9.41. The first-order chi connectivity index (χ1) is 11.7. The molecule has 1 aliphatic heterocycles. The van der Waals surface area contributed by atoms with Crippen molar-refractivity contribution in [3.63, 3.8) is 0 Å². The molecule has 0 spiro atoms. The van der Waals surface area contributed by atoms with Gasteiger partial charge in [0.25, 0.3) is 5.91 Å². The fourth-order valence-electron chi connectivity index (χ4n) is 4.08. The Morgan fingerprint density at radius 2 is 2.08 bits per heavy atom. The second-order valence-electron chi connectivity index (χ2n) is 7.26. The van der Waals surface area contributed by atoms with Gasteiger partial charge in [0, 0.05) is 37.9 Å². The maximum Gasteiger partial charge on any atom is 0.251 e. The van der Waals surface area contributed by atoms with Crippen LogP contribution in [0.3, 0.4) is 0 Å². The van der Waals surface area contributed by atoms with Crippen LogP contribution in [-0.2, 0) is 0 Å². The van der Waals surface area contributed by atoms with E-state index in [1.807, 2.05) is 6.07 Å². The molecule has 2 heterocycles. The van der Waals surface area contributed by atoms with E-state index < -0.39 is 0 Å². The summed E-state index contributed by atoms with van der Waals surface area (Å²) in [6.45, 7) is 3.56. The number of hydrogen-bond acceptors (Lipinski definition) is 4. The largest absolute Gasteiger partial charge is 0.366 e. The Morgan fingerprint density at radius 1 is 1.25 bits per heavy atom. The Bertz CT molecular complexity index is 542. The number of pyridine rings is 1. The van der Waals surface area contributed by atoms with E-state index in [4.69, 9.17) is 0 Å². The molecule has 1 atom stereocenters. The zero-order chi connectivity index (χ0) is 16.8. The van der Waals surface area contributed by atoms with E-state index in [9.17, 15) is 4.79 Å². The molecule has 2 N–H and O–H groups in total. The first-order valence-corrected chi connectivity index (χ1v) is 9.41. The molecule has 2 aliphatic rings. The van der Waals surface area contributed by atoms with Gasteiger partial charge in [0.15, 0.2) is 0 Å². The highest BCUT2D eigenvalue weighted by atomic mass is 16.1. The number of anilines is 1. The highest BCUT2D eigenvalue weighted by Gasteiger charge is 2.23. The second-order valence-corrected chi connectivity index (χ2v) is 7.26. The lowest BCUT2D eigenvalue weighted by atomic mass is 9.88. The monoisotopic (exact) mass is 330 g/mol. The van der Waals surface area contributed by atoms with Crippen molar-refractivity contribution in [2.75, 3.05) is 32.0 Å². The molecule has 2 fully saturated rings. The van der Waals surface area contributed by atoms with Gasteiger partial charge >= 0.3 is 0 Å².